The van der Waals surface area contributed by atoms with Crippen LogP contribution in [0.5, 0.6) is 0 Å². The van der Waals surface area contributed by atoms with Crippen LogP contribution in [-0.2, 0) is 4.74 Å². The first-order valence-corrected chi connectivity index (χ1v) is 10.5. The van der Waals surface area contributed by atoms with Crippen LogP contribution in [-0.4, -0.2) is 39.2 Å². The molecular weight excluding hydrogens is 459 g/mol. The van der Waals surface area contributed by atoms with Crippen molar-refractivity contribution in [3.63, 3.8) is 0 Å². The van der Waals surface area contributed by atoms with Crippen LogP contribution < -0.4 is 5.32 Å². The second-order valence-corrected chi connectivity index (χ2v) is 8.48. The number of halogens is 1. The van der Waals surface area contributed by atoms with Crippen LogP contribution in [0, 0.1) is 17.4 Å². The zero-order valence-corrected chi connectivity index (χ0v) is 17.9. The Morgan fingerprint density at radius 2 is 2.19 bits per heavy atom. The van der Waals surface area contributed by atoms with Crippen molar-refractivity contribution in [1.29, 1.82) is 0 Å². The molecule has 26 heavy (non-hydrogen) atoms. The lowest BCUT2D eigenvalue weighted by molar-refractivity contribution is 0.0841. The van der Waals surface area contributed by atoms with E-state index < -0.39 is 0 Å². The fourth-order valence-electron chi connectivity index (χ4n) is 4.05. The molecule has 0 spiro atoms. The van der Waals surface area contributed by atoms with Crippen LogP contribution in [0.15, 0.2) is 24.4 Å². The van der Waals surface area contributed by atoms with Gasteiger partial charge in [0.25, 0.3) is 0 Å². The Bertz CT molecular complexity index is 803. The Kier molecular flexibility index (Phi) is 5.20. The fourth-order valence-corrected chi connectivity index (χ4v) is 5.22. The summed E-state index contributed by atoms with van der Waals surface area (Å²) in [6.45, 7) is 5.94. The van der Waals surface area contributed by atoms with E-state index in [9.17, 15) is 0 Å². The van der Waals surface area contributed by atoms with Crippen molar-refractivity contribution in [2.24, 2.45) is 0 Å². The molecule has 0 aromatic carbocycles. The van der Waals surface area contributed by atoms with Crippen molar-refractivity contribution in [3.8, 4) is 0 Å². The zero-order chi connectivity index (χ0) is 18.3. The number of rotatable bonds is 4. The highest BCUT2D eigenvalue weighted by atomic mass is 127. The maximum atomic E-state index is 5.90. The fraction of sp³-hybridized carbons (Fsp3) is 0.474. The largest absolute Gasteiger partial charge is 0.376 e. The molecule has 5 nitrogen and oxygen atoms in total. The first kappa shape index (κ1) is 18.2. The molecule has 2 saturated heterocycles. The Hall–Kier alpha value is -1.19. The summed E-state index contributed by atoms with van der Waals surface area (Å²) in [6.07, 6.45) is 4.33. The third-order valence-corrected chi connectivity index (χ3v) is 7.01. The molecule has 7 heteroatoms. The van der Waals surface area contributed by atoms with Crippen LogP contribution >= 0.6 is 34.8 Å². The van der Waals surface area contributed by atoms with Gasteiger partial charge in [0.1, 0.15) is 0 Å². The summed E-state index contributed by atoms with van der Waals surface area (Å²) in [5, 5.41) is 4.32. The van der Waals surface area contributed by atoms with Crippen molar-refractivity contribution >= 4 is 39.9 Å². The topological polar surface area (TPSA) is 53.2 Å². The maximum Gasteiger partial charge on any atom is 0.170 e. The monoisotopic (exact) mass is 482 g/mol. The molecule has 4 heterocycles. The Morgan fingerprint density at radius 1 is 1.35 bits per heavy atom. The van der Waals surface area contributed by atoms with Gasteiger partial charge in [-0.3, -0.25) is 4.98 Å². The molecule has 0 aliphatic carbocycles. The number of H-pyrrole nitrogens is 1. The minimum absolute atomic E-state index is 0.0347. The third-order valence-electron chi connectivity index (χ3n) is 5.26. The van der Waals surface area contributed by atoms with Gasteiger partial charge in [-0.05, 0) is 73.6 Å². The molecule has 2 aromatic heterocycles. The van der Waals surface area contributed by atoms with Crippen molar-refractivity contribution in [1.82, 2.24) is 20.2 Å². The quantitative estimate of drug-likeness (QED) is 0.513. The molecule has 2 N–H and O–H groups in total. The number of ether oxygens (including phenoxy) is 1. The molecule has 2 aliphatic heterocycles. The number of aromatic nitrogens is 2. The van der Waals surface area contributed by atoms with Crippen LogP contribution in [0.2, 0.25) is 0 Å². The molecule has 0 amide bonds. The minimum Gasteiger partial charge on any atom is -0.376 e. The zero-order valence-electron chi connectivity index (χ0n) is 15.0. The normalized spacial score (nSPS) is 25.7. The van der Waals surface area contributed by atoms with E-state index in [2.05, 4.69) is 62.7 Å². The number of hydrogen-bond donors (Lipinski definition) is 2. The SMILES string of the molecule is Cc1[nH]c(C)c([C@@H]2[C@@H](c3ccccn3)NC(=S)N2C[C@H]2CCCO2)c1I. The predicted octanol–water partition coefficient (Wildman–Crippen LogP) is 3.78. The highest BCUT2D eigenvalue weighted by Crippen LogP contribution is 2.42. The number of thiocarbonyl (C=S) groups is 1. The predicted molar refractivity (Wildman–Crippen MR) is 114 cm³/mol. The number of nitrogens with zero attached hydrogens (tertiary/aromatic N) is 2. The lowest BCUT2D eigenvalue weighted by Gasteiger charge is -2.30. The summed E-state index contributed by atoms with van der Waals surface area (Å²) in [4.78, 5) is 10.4. The molecule has 2 fully saturated rings. The first-order chi connectivity index (χ1) is 12.6. The minimum atomic E-state index is 0.0347. The van der Waals surface area contributed by atoms with E-state index in [0.29, 0.717) is 0 Å². The van der Waals surface area contributed by atoms with Gasteiger partial charge in [-0.2, -0.15) is 0 Å². The second kappa shape index (κ2) is 7.44. The number of nitrogens with one attached hydrogen (secondary N) is 2. The van der Waals surface area contributed by atoms with E-state index in [1.807, 2.05) is 18.3 Å². The summed E-state index contributed by atoms with van der Waals surface area (Å²) in [5.41, 5.74) is 4.72. The highest BCUT2D eigenvalue weighted by Gasteiger charge is 2.43. The van der Waals surface area contributed by atoms with Gasteiger partial charge in [0.05, 0.1) is 23.9 Å². The van der Waals surface area contributed by atoms with Gasteiger partial charge in [-0.25, -0.2) is 0 Å². The van der Waals surface area contributed by atoms with E-state index in [1.54, 1.807) is 0 Å². The van der Waals surface area contributed by atoms with Crippen molar-refractivity contribution in [2.75, 3.05) is 13.2 Å². The summed E-state index contributed by atoms with van der Waals surface area (Å²) in [5.74, 6) is 0. The maximum absolute atomic E-state index is 5.90. The smallest absolute Gasteiger partial charge is 0.170 e. The van der Waals surface area contributed by atoms with Gasteiger partial charge in [0.15, 0.2) is 5.11 Å². The standard InChI is InChI=1S/C19H23IN4OS/c1-11-15(16(20)12(2)22-11)18-17(14-7-3-4-8-21-14)23-19(26)24(18)10-13-6-5-9-25-13/h3-4,7-8,13,17-18,22H,5-6,9-10H2,1-2H3,(H,23,26)/t13-,17-,18-/m1/s1. The summed E-state index contributed by atoms with van der Waals surface area (Å²) in [6, 6.07) is 6.20. The lowest BCUT2D eigenvalue weighted by atomic mass is 9.96. The van der Waals surface area contributed by atoms with E-state index in [4.69, 9.17) is 17.0 Å². The van der Waals surface area contributed by atoms with Gasteiger partial charge in [-0.15, -0.1) is 0 Å². The number of hydrogen-bond acceptors (Lipinski definition) is 3. The van der Waals surface area contributed by atoms with Gasteiger partial charge in [-0.1, -0.05) is 6.07 Å². The Morgan fingerprint density at radius 3 is 2.81 bits per heavy atom. The van der Waals surface area contributed by atoms with Gasteiger partial charge < -0.3 is 19.9 Å². The summed E-state index contributed by atoms with van der Waals surface area (Å²) in [7, 11) is 0. The van der Waals surface area contributed by atoms with Crippen LogP contribution in [0.3, 0.4) is 0 Å². The Balaban J connectivity index is 1.76. The number of aromatic amines is 1. The number of pyridine rings is 1. The molecule has 138 valence electrons. The van der Waals surface area contributed by atoms with Gasteiger partial charge in [0.2, 0.25) is 0 Å². The van der Waals surface area contributed by atoms with E-state index in [1.165, 1.54) is 20.5 Å². The van der Waals surface area contributed by atoms with Crippen LogP contribution in [0.1, 0.15) is 47.6 Å². The molecule has 0 unspecified atom stereocenters. The Labute approximate surface area is 173 Å². The summed E-state index contributed by atoms with van der Waals surface area (Å²) < 4.78 is 7.17. The highest BCUT2D eigenvalue weighted by molar-refractivity contribution is 14.1. The van der Waals surface area contributed by atoms with Crippen molar-refractivity contribution in [2.45, 2.75) is 44.9 Å². The van der Waals surface area contributed by atoms with Gasteiger partial charge >= 0.3 is 0 Å². The van der Waals surface area contributed by atoms with E-state index in [-0.39, 0.29) is 18.2 Å². The molecule has 3 atom stereocenters. The molecule has 0 saturated carbocycles. The van der Waals surface area contributed by atoms with Gasteiger partial charge in [0, 0.05) is 39.9 Å². The molecule has 2 aromatic rings. The van der Waals surface area contributed by atoms with E-state index >= 15 is 0 Å². The average molecular weight is 482 g/mol. The molecule has 4 rings (SSSR count). The first-order valence-electron chi connectivity index (χ1n) is 9.00. The number of aryl methyl sites for hydroxylation is 2. The summed E-state index contributed by atoms with van der Waals surface area (Å²) >= 11 is 8.19. The van der Waals surface area contributed by atoms with Crippen LogP contribution in [0.4, 0.5) is 0 Å². The lowest BCUT2D eigenvalue weighted by Crippen LogP contribution is -2.36. The third kappa shape index (κ3) is 3.25. The molecular formula is C19H23IN4OS. The molecule has 0 bridgehead atoms. The molecule has 0 radical (unpaired) electrons. The second-order valence-electron chi connectivity index (χ2n) is 7.02. The van der Waals surface area contributed by atoms with Crippen molar-refractivity contribution in [3.05, 3.63) is 50.6 Å². The van der Waals surface area contributed by atoms with Crippen molar-refractivity contribution < 1.29 is 4.74 Å². The molecule has 2 aliphatic rings. The van der Waals surface area contributed by atoms with Crippen LogP contribution in [0.25, 0.3) is 0 Å². The average Bonchev–Trinajstić information content (AvgIpc) is 3.31. The van der Waals surface area contributed by atoms with E-state index in [0.717, 1.165) is 36.8 Å².